The summed E-state index contributed by atoms with van der Waals surface area (Å²) in [5.74, 6) is 0.431. The second kappa shape index (κ2) is 10.8. The number of piperidine rings is 1. The van der Waals surface area contributed by atoms with Crippen molar-refractivity contribution in [2.24, 2.45) is 0 Å². The second-order valence-corrected chi connectivity index (χ2v) is 17.0. The Morgan fingerprint density at radius 2 is 1.84 bits per heavy atom. The van der Waals surface area contributed by atoms with Crippen LogP contribution in [0.25, 0.3) is 11.3 Å². The number of aromatic nitrogens is 2. The fourth-order valence-electron chi connectivity index (χ4n) is 5.26. The molecular weight excluding hydrogens is 509 g/mol. The number of likely N-dealkylation sites (tertiary alicyclic amines) is 1. The first-order chi connectivity index (χ1) is 17.7. The van der Waals surface area contributed by atoms with Gasteiger partial charge in [0.1, 0.15) is 5.75 Å². The third kappa shape index (κ3) is 6.02. The van der Waals surface area contributed by atoms with Crippen LogP contribution in [-0.2, 0) is 17.0 Å². The van der Waals surface area contributed by atoms with Gasteiger partial charge in [-0.25, -0.2) is 0 Å². The second-order valence-electron chi connectivity index (χ2n) is 12.2. The number of hydrogen-bond acceptors (Lipinski definition) is 6. The molecule has 1 aromatic carbocycles. The number of anilines is 1. The van der Waals surface area contributed by atoms with Crippen molar-refractivity contribution in [1.29, 1.82) is 0 Å². The zero-order valence-electron chi connectivity index (χ0n) is 23.5. The van der Waals surface area contributed by atoms with Gasteiger partial charge in [-0.2, -0.15) is 13.2 Å². The van der Waals surface area contributed by atoms with Crippen LogP contribution in [0, 0.1) is 6.92 Å². The minimum atomic E-state index is -4.52. The van der Waals surface area contributed by atoms with Crippen molar-refractivity contribution in [2.45, 2.75) is 83.7 Å². The highest BCUT2D eigenvalue weighted by Crippen LogP contribution is 2.40. The number of nitrogens with zero attached hydrogens (tertiary/aromatic N) is 4. The Morgan fingerprint density at radius 3 is 2.50 bits per heavy atom. The Kier molecular flexibility index (Phi) is 8.17. The van der Waals surface area contributed by atoms with Crippen molar-refractivity contribution in [3.63, 3.8) is 0 Å². The van der Waals surface area contributed by atoms with Gasteiger partial charge in [-0.3, -0.25) is 4.90 Å². The highest BCUT2D eigenvalue weighted by molar-refractivity contribution is 6.74. The van der Waals surface area contributed by atoms with E-state index in [1.165, 1.54) is 6.07 Å². The lowest BCUT2D eigenvalue weighted by Gasteiger charge is -2.43. The van der Waals surface area contributed by atoms with Crippen LogP contribution in [0.2, 0.25) is 18.1 Å². The predicted molar refractivity (Wildman–Crippen MR) is 147 cm³/mol. The molecule has 1 saturated heterocycles. The number of fused-ring (bicyclic) bond motifs is 1. The zero-order valence-corrected chi connectivity index (χ0v) is 24.5. The Bertz CT molecular complexity index is 1150. The molecule has 0 aliphatic carbocycles. The van der Waals surface area contributed by atoms with E-state index in [1.807, 2.05) is 6.92 Å². The molecular formula is C28H41F3N4O2Si. The molecule has 1 atom stereocenters. The summed E-state index contributed by atoms with van der Waals surface area (Å²) in [6.45, 7) is 17.9. The van der Waals surface area contributed by atoms with Gasteiger partial charge in [-0.05, 0) is 81.0 Å². The van der Waals surface area contributed by atoms with Crippen LogP contribution >= 0.6 is 0 Å². The van der Waals surface area contributed by atoms with Gasteiger partial charge in [0.15, 0.2) is 14.1 Å². The molecule has 0 radical (unpaired) electrons. The SMILES string of the molecule is Cc1c(-c2ccc(C(F)(F)F)cc2O)nnc2c1CCCN2[C@@H]1CCCN(CCO[Si](C)(C)C(C)(C)C)C1. The van der Waals surface area contributed by atoms with E-state index in [4.69, 9.17) is 4.43 Å². The molecule has 6 nitrogen and oxygen atoms in total. The molecule has 1 fully saturated rings. The average Bonchev–Trinajstić information content (AvgIpc) is 2.83. The highest BCUT2D eigenvalue weighted by Gasteiger charge is 2.37. The van der Waals surface area contributed by atoms with E-state index in [1.54, 1.807) is 0 Å². The molecule has 0 amide bonds. The van der Waals surface area contributed by atoms with Crippen LogP contribution in [0.4, 0.5) is 19.0 Å². The number of alkyl halides is 3. The molecule has 4 rings (SSSR count). The fraction of sp³-hybridized carbons (Fsp3) is 0.643. The maximum atomic E-state index is 13.1. The van der Waals surface area contributed by atoms with E-state index >= 15 is 0 Å². The summed E-state index contributed by atoms with van der Waals surface area (Å²) in [7, 11) is -1.77. The largest absolute Gasteiger partial charge is 0.507 e. The Morgan fingerprint density at radius 1 is 1.11 bits per heavy atom. The highest BCUT2D eigenvalue weighted by atomic mass is 28.4. The smallest absolute Gasteiger partial charge is 0.416 e. The lowest BCUT2D eigenvalue weighted by Crippen LogP contribution is -2.51. The van der Waals surface area contributed by atoms with Crippen LogP contribution in [0.1, 0.15) is 56.7 Å². The van der Waals surface area contributed by atoms with Crippen molar-refractivity contribution < 1.29 is 22.7 Å². The summed E-state index contributed by atoms with van der Waals surface area (Å²) in [4.78, 5) is 4.86. The van der Waals surface area contributed by atoms with Crippen LogP contribution in [0.3, 0.4) is 0 Å². The van der Waals surface area contributed by atoms with E-state index in [-0.39, 0.29) is 10.6 Å². The summed E-state index contributed by atoms with van der Waals surface area (Å²) in [5, 5.41) is 19.6. The molecule has 2 aliphatic rings. The molecule has 38 heavy (non-hydrogen) atoms. The van der Waals surface area contributed by atoms with E-state index in [0.717, 1.165) is 87.5 Å². The maximum Gasteiger partial charge on any atom is 0.416 e. The van der Waals surface area contributed by atoms with Crippen LogP contribution < -0.4 is 4.90 Å². The summed E-state index contributed by atoms with van der Waals surface area (Å²) in [6, 6.07) is 3.35. The molecule has 10 heteroatoms. The lowest BCUT2D eigenvalue weighted by molar-refractivity contribution is -0.137. The normalized spacial score (nSPS) is 19.5. The summed E-state index contributed by atoms with van der Waals surface area (Å²) in [6.07, 6.45) is -0.513. The minimum Gasteiger partial charge on any atom is -0.507 e. The van der Waals surface area contributed by atoms with Gasteiger partial charge in [-0.15, -0.1) is 10.2 Å². The monoisotopic (exact) mass is 550 g/mol. The minimum absolute atomic E-state index is 0.196. The van der Waals surface area contributed by atoms with E-state index < -0.39 is 25.8 Å². The summed E-state index contributed by atoms with van der Waals surface area (Å²) < 4.78 is 45.6. The first-order valence-corrected chi connectivity index (χ1v) is 16.5. The van der Waals surface area contributed by atoms with E-state index in [0.29, 0.717) is 11.7 Å². The van der Waals surface area contributed by atoms with Gasteiger partial charge in [0.25, 0.3) is 0 Å². The Labute approximate surface area is 225 Å². The van der Waals surface area contributed by atoms with Crippen molar-refractivity contribution in [3.05, 3.63) is 34.9 Å². The lowest BCUT2D eigenvalue weighted by atomic mass is 9.94. The average molecular weight is 551 g/mol. The predicted octanol–water partition coefficient (Wildman–Crippen LogP) is 6.42. The molecule has 1 N–H and O–H groups in total. The van der Waals surface area contributed by atoms with Crippen molar-refractivity contribution in [1.82, 2.24) is 15.1 Å². The van der Waals surface area contributed by atoms with Gasteiger partial charge in [-0.1, -0.05) is 20.8 Å². The summed E-state index contributed by atoms with van der Waals surface area (Å²) >= 11 is 0. The molecule has 210 valence electrons. The first kappa shape index (κ1) is 28.8. The Hall–Kier alpha value is -2.17. The van der Waals surface area contributed by atoms with E-state index in [9.17, 15) is 18.3 Å². The topological polar surface area (TPSA) is 61.7 Å². The maximum absolute atomic E-state index is 13.1. The molecule has 0 spiro atoms. The van der Waals surface area contributed by atoms with Crippen molar-refractivity contribution in [2.75, 3.05) is 37.7 Å². The quantitative estimate of drug-likeness (QED) is 0.419. The molecule has 1 aromatic heterocycles. The first-order valence-electron chi connectivity index (χ1n) is 13.6. The van der Waals surface area contributed by atoms with Gasteiger partial charge >= 0.3 is 6.18 Å². The van der Waals surface area contributed by atoms with Gasteiger partial charge < -0.3 is 14.4 Å². The molecule has 0 bridgehead atoms. The van der Waals surface area contributed by atoms with Crippen LogP contribution in [0.15, 0.2) is 18.2 Å². The number of phenolic OH excluding ortho intramolecular Hbond substituents is 1. The molecule has 0 unspecified atom stereocenters. The molecule has 2 aliphatic heterocycles. The number of phenols is 1. The number of benzene rings is 1. The van der Waals surface area contributed by atoms with E-state index in [2.05, 4.69) is 53.9 Å². The number of hydrogen-bond donors (Lipinski definition) is 1. The Balaban J connectivity index is 1.49. The van der Waals surface area contributed by atoms with Gasteiger partial charge in [0, 0.05) is 43.4 Å². The fourth-order valence-corrected chi connectivity index (χ4v) is 6.29. The standard InChI is InChI=1S/C28H41F3N4O2Si/c1-19-22-10-8-14-35(21-9-7-13-34(18-21)15-16-37-38(5,6)27(2,3)4)26(22)33-32-25(19)23-12-11-20(17-24(23)36)28(29,30)31/h11-12,17,21,36H,7-10,13-16,18H2,1-6H3/t21-/m1/s1. The number of rotatable bonds is 6. The van der Waals surface area contributed by atoms with Crippen LogP contribution in [0.5, 0.6) is 5.75 Å². The number of halogens is 3. The van der Waals surface area contributed by atoms with Crippen molar-refractivity contribution >= 4 is 14.1 Å². The summed E-state index contributed by atoms with van der Waals surface area (Å²) in [5.41, 5.74) is 1.76. The zero-order chi connectivity index (χ0) is 27.9. The molecule has 0 saturated carbocycles. The third-order valence-corrected chi connectivity index (χ3v) is 13.1. The molecule has 2 aromatic rings. The van der Waals surface area contributed by atoms with Crippen molar-refractivity contribution in [3.8, 4) is 17.0 Å². The van der Waals surface area contributed by atoms with Crippen LogP contribution in [-0.4, -0.2) is 67.3 Å². The number of aromatic hydroxyl groups is 1. The van der Waals surface area contributed by atoms with Gasteiger partial charge in [0.05, 0.1) is 11.3 Å². The third-order valence-electron chi connectivity index (χ3n) is 8.60. The molecule has 3 heterocycles. The van der Waals surface area contributed by atoms with Gasteiger partial charge in [0.2, 0.25) is 0 Å².